The molecule has 6 nitrogen and oxygen atoms in total. The minimum absolute atomic E-state index is 0.137. The molecule has 0 spiro atoms. The van der Waals surface area contributed by atoms with Crippen LogP contribution in [-0.4, -0.2) is 31.3 Å². The first kappa shape index (κ1) is 14.0. The molecule has 2 aromatic rings. The summed E-state index contributed by atoms with van der Waals surface area (Å²) in [7, 11) is 0. The molecule has 0 saturated heterocycles. The maximum absolute atomic E-state index is 11.1. The second-order valence-corrected chi connectivity index (χ2v) is 4.50. The van der Waals surface area contributed by atoms with E-state index in [-0.39, 0.29) is 28.4 Å². The number of imidazole rings is 1. The minimum atomic E-state index is -0.574. The minimum Gasteiger partial charge on any atom is -0.358 e. The van der Waals surface area contributed by atoms with Crippen molar-refractivity contribution in [2.75, 3.05) is 11.8 Å². The van der Waals surface area contributed by atoms with Gasteiger partial charge in [0.15, 0.2) is 10.8 Å². The second-order valence-electron chi connectivity index (χ2n) is 3.57. The highest BCUT2D eigenvalue weighted by Crippen LogP contribution is 2.23. The van der Waals surface area contributed by atoms with E-state index in [9.17, 15) is 10.1 Å². The third-order valence-corrected chi connectivity index (χ3v) is 3.19. The van der Waals surface area contributed by atoms with Gasteiger partial charge in [0.2, 0.25) is 5.65 Å². The molecule has 9 heteroatoms. The summed E-state index contributed by atoms with van der Waals surface area (Å²) in [6.07, 6.45) is 1.49. The summed E-state index contributed by atoms with van der Waals surface area (Å²) in [5, 5.41) is 15.1. The predicted octanol–water partition coefficient (Wildman–Crippen LogP) is 3.15. The molecular formula is C10H7Cl3N4O2. The predicted molar refractivity (Wildman–Crippen MR) is 74.1 cm³/mol. The van der Waals surface area contributed by atoms with Crippen molar-refractivity contribution in [3.05, 3.63) is 38.7 Å². The summed E-state index contributed by atoms with van der Waals surface area (Å²) in [6, 6.07) is 3.05. The molecule has 0 aromatic carbocycles. The average Bonchev–Trinajstić information content (AvgIpc) is 2.73. The standard InChI is InChI=1S/C10H7Cl3N4O2/c11-4-6(5-12)3-7-10(17(18)19)16-9(14-7)2-1-8(13)15-16/h1-3H,4-5H2. The highest BCUT2D eigenvalue weighted by Gasteiger charge is 2.23. The molecule has 2 aromatic heterocycles. The van der Waals surface area contributed by atoms with E-state index in [1.165, 1.54) is 12.1 Å². The van der Waals surface area contributed by atoms with E-state index in [0.717, 1.165) is 4.52 Å². The van der Waals surface area contributed by atoms with Crippen molar-refractivity contribution in [3.63, 3.8) is 0 Å². The fraction of sp³-hybridized carbons (Fsp3) is 0.200. The molecule has 0 bridgehead atoms. The number of nitro groups is 1. The van der Waals surface area contributed by atoms with Gasteiger partial charge in [-0.2, -0.15) is 4.98 Å². The maximum atomic E-state index is 11.1. The molecule has 0 amide bonds. The SMILES string of the molecule is O=[N+]([O-])c1c(C=C(CCl)CCl)nc2ccc(Cl)nn12. The van der Waals surface area contributed by atoms with Gasteiger partial charge in [-0.1, -0.05) is 21.2 Å². The van der Waals surface area contributed by atoms with Crippen LogP contribution in [0.3, 0.4) is 0 Å². The van der Waals surface area contributed by atoms with E-state index in [0.29, 0.717) is 11.2 Å². The number of hydrogen-bond acceptors (Lipinski definition) is 4. The summed E-state index contributed by atoms with van der Waals surface area (Å²) in [5.41, 5.74) is 1.10. The molecule has 0 saturated carbocycles. The van der Waals surface area contributed by atoms with Gasteiger partial charge in [-0.3, -0.25) is 0 Å². The molecule has 0 atom stereocenters. The lowest BCUT2D eigenvalue weighted by atomic mass is 10.2. The van der Waals surface area contributed by atoms with Crippen LogP contribution < -0.4 is 0 Å². The Morgan fingerprint density at radius 3 is 2.68 bits per heavy atom. The topological polar surface area (TPSA) is 73.3 Å². The first-order chi connectivity index (χ1) is 9.06. The lowest BCUT2D eigenvalue weighted by molar-refractivity contribution is -0.391. The van der Waals surface area contributed by atoms with Crippen LogP contribution in [0.15, 0.2) is 17.7 Å². The van der Waals surface area contributed by atoms with Crippen LogP contribution in [-0.2, 0) is 0 Å². The van der Waals surface area contributed by atoms with Crippen molar-refractivity contribution >= 4 is 52.3 Å². The van der Waals surface area contributed by atoms with Gasteiger partial charge in [-0.15, -0.1) is 23.2 Å². The van der Waals surface area contributed by atoms with Gasteiger partial charge in [0.25, 0.3) is 0 Å². The number of hydrogen-bond donors (Lipinski definition) is 0. The Kier molecular flexibility index (Phi) is 4.24. The largest absolute Gasteiger partial charge is 0.376 e. The van der Waals surface area contributed by atoms with Crippen molar-refractivity contribution in [2.45, 2.75) is 0 Å². The molecule has 0 aliphatic heterocycles. The Bertz CT molecular complexity index is 662. The zero-order valence-electron chi connectivity index (χ0n) is 9.39. The van der Waals surface area contributed by atoms with Gasteiger partial charge < -0.3 is 10.1 Å². The van der Waals surface area contributed by atoms with Crippen LogP contribution in [0.2, 0.25) is 5.15 Å². The number of halogens is 3. The van der Waals surface area contributed by atoms with Crippen LogP contribution in [0.25, 0.3) is 11.7 Å². The van der Waals surface area contributed by atoms with Gasteiger partial charge in [0.1, 0.15) is 0 Å². The molecule has 0 radical (unpaired) electrons. The molecule has 2 rings (SSSR count). The van der Waals surface area contributed by atoms with E-state index < -0.39 is 4.92 Å². The van der Waals surface area contributed by atoms with Gasteiger partial charge >= 0.3 is 5.82 Å². The van der Waals surface area contributed by atoms with Crippen molar-refractivity contribution in [2.24, 2.45) is 0 Å². The summed E-state index contributed by atoms with van der Waals surface area (Å²) in [5.74, 6) is 0.0658. The van der Waals surface area contributed by atoms with E-state index in [4.69, 9.17) is 34.8 Å². The summed E-state index contributed by atoms with van der Waals surface area (Å²) in [4.78, 5) is 14.7. The zero-order valence-corrected chi connectivity index (χ0v) is 11.7. The second kappa shape index (κ2) is 5.73. The highest BCUT2D eigenvalue weighted by molar-refractivity contribution is 6.29. The van der Waals surface area contributed by atoms with Crippen LogP contribution in [0, 0.1) is 10.1 Å². The Balaban J connectivity index is 2.70. The lowest BCUT2D eigenvalue weighted by Crippen LogP contribution is -1.99. The Labute approximate surface area is 122 Å². The molecule has 0 unspecified atom stereocenters. The average molecular weight is 322 g/mol. The number of rotatable bonds is 4. The quantitative estimate of drug-likeness (QED) is 0.492. The van der Waals surface area contributed by atoms with Crippen molar-refractivity contribution in [3.8, 4) is 0 Å². The van der Waals surface area contributed by atoms with E-state index in [1.807, 2.05) is 0 Å². The first-order valence-electron chi connectivity index (χ1n) is 5.08. The zero-order chi connectivity index (χ0) is 14.0. The molecule has 0 N–H and O–H groups in total. The molecule has 0 fully saturated rings. The van der Waals surface area contributed by atoms with Crippen molar-refractivity contribution in [1.29, 1.82) is 0 Å². The normalized spacial score (nSPS) is 10.7. The van der Waals surface area contributed by atoms with Crippen molar-refractivity contribution < 1.29 is 4.92 Å². The van der Waals surface area contributed by atoms with E-state index >= 15 is 0 Å². The third kappa shape index (κ3) is 2.80. The summed E-state index contributed by atoms with van der Waals surface area (Å²) < 4.78 is 1.08. The van der Waals surface area contributed by atoms with Crippen LogP contribution in [0.4, 0.5) is 5.82 Å². The van der Waals surface area contributed by atoms with E-state index in [1.54, 1.807) is 6.07 Å². The van der Waals surface area contributed by atoms with Gasteiger partial charge in [-0.25, -0.2) is 0 Å². The van der Waals surface area contributed by atoms with Gasteiger partial charge in [-0.05, 0) is 22.6 Å². The fourth-order valence-corrected chi connectivity index (χ4v) is 2.07. The molecule has 0 aliphatic carbocycles. The monoisotopic (exact) mass is 320 g/mol. The highest BCUT2D eigenvalue weighted by atomic mass is 35.5. The fourth-order valence-electron chi connectivity index (χ4n) is 1.49. The van der Waals surface area contributed by atoms with Gasteiger partial charge in [0, 0.05) is 17.8 Å². The Morgan fingerprint density at radius 2 is 2.11 bits per heavy atom. The molecular weight excluding hydrogens is 314 g/mol. The number of aromatic nitrogens is 3. The number of allylic oxidation sites excluding steroid dienone is 1. The number of nitrogens with zero attached hydrogens (tertiary/aromatic N) is 4. The molecule has 0 aliphatic rings. The first-order valence-corrected chi connectivity index (χ1v) is 6.52. The Hall–Kier alpha value is -1.37. The Morgan fingerprint density at radius 1 is 1.42 bits per heavy atom. The number of fused-ring (bicyclic) bond motifs is 1. The lowest BCUT2D eigenvalue weighted by Gasteiger charge is -1.96. The van der Waals surface area contributed by atoms with Crippen molar-refractivity contribution in [1.82, 2.24) is 14.6 Å². The summed E-state index contributed by atoms with van der Waals surface area (Å²) >= 11 is 17.1. The van der Waals surface area contributed by atoms with Crippen LogP contribution in [0.1, 0.15) is 5.69 Å². The maximum Gasteiger partial charge on any atom is 0.376 e. The molecule has 19 heavy (non-hydrogen) atoms. The summed E-state index contributed by atoms with van der Waals surface area (Å²) in [6.45, 7) is 0. The third-order valence-electron chi connectivity index (χ3n) is 2.30. The van der Waals surface area contributed by atoms with E-state index in [2.05, 4.69) is 10.1 Å². The smallest absolute Gasteiger partial charge is 0.358 e. The van der Waals surface area contributed by atoms with Crippen LogP contribution >= 0.6 is 34.8 Å². The number of alkyl halides is 2. The molecule has 2 heterocycles. The molecule has 100 valence electrons. The van der Waals surface area contributed by atoms with Gasteiger partial charge in [0.05, 0.1) is 0 Å². The van der Waals surface area contributed by atoms with Crippen LogP contribution in [0.5, 0.6) is 0 Å².